The van der Waals surface area contributed by atoms with Gasteiger partial charge in [-0.15, -0.1) is 0 Å². The molecule has 0 unspecified atom stereocenters. The summed E-state index contributed by atoms with van der Waals surface area (Å²) < 4.78 is 26.7. The maximum absolute atomic E-state index is 12.1. The molecule has 4 nitrogen and oxygen atoms in total. The Hall–Kier alpha value is -0.910. The Kier molecular flexibility index (Phi) is 5.97. The molecule has 0 fully saturated rings. The summed E-state index contributed by atoms with van der Waals surface area (Å²) in [7, 11) is -3.66. The molecule has 106 valence electrons. The predicted molar refractivity (Wildman–Crippen MR) is 76.2 cm³/mol. The molecule has 0 aliphatic rings. The first kappa shape index (κ1) is 16.1. The van der Waals surface area contributed by atoms with Crippen molar-refractivity contribution in [3.8, 4) is 0 Å². The molecule has 0 amide bonds. The van der Waals surface area contributed by atoms with Gasteiger partial charge in [-0.1, -0.05) is 31.4 Å². The van der Waals surface area contributed by atoms with E-state index in [0.717, 1.165) is 19.3 Å². The van der Waals surface area contributed by atoms with E-state index in [0.29, 0.717) is 12.1 Å². The molecular weight excluding hydrogens is 286 g/mol. The zero-order valence-electron chi connectivity index (χ0n) is 11.1. The maximum atomic E-state index is 12.1. The monoisotopic (exact) mass is 303 g/mol. The van der Waals surface area contributed by atoms with Gasteiger partial charge in [-0.2, -0.15) is 0 Å². The number of benzene rings is 1. The summed E-state index contributed by atoms with van der Waals surface area (Å²) in [6.07, 6.45) is 2.76. The van der Waals surface area contributed by atoms with Crippen LogP contribution in [-0.4, -0.2) is 20.7 Å². The number of hydrogen-bond acceptors (Lipinski definition) is 3. The fourth-order valence-corrected chi connectivity index (χ4v) is 3.19. The predicted octanol–water partition coefficient (Wildman–Crippen LogP) is 3.01. The summed E-state index contributed by atoms with van der Waals surface area (Å²) in [6, 6.07) is 4.26. The Morgan fingerprint density at radius 3 is 2.58 bits per heavy atom. The van der Waals surface area contributed by atoms with E-state index in [2.05, 4.69) is 4.72 Å². The third-order valence-electron chi connectivity index (χ3n) is 2.70. The van der Waals surface area contributed by atoms with E-state index >= 15 is 0 Å². The van der Waals surface area contributed by atoms with Crippen molar-refractivity contribution in [2.45, 2.75) is 38.0 Å². The van der Waals surface area contributed by atoms with Gasteiger partial charge in [0.1, 0.15) is 4.90 Å². The summed E-state index contributed by atoms with van der Waals surface area (Å²) in [5.74, 6) is -0.195. The third kappa shape index (κ3) is 4.60. The van der Waals surface area contributed by atoms with E-state index in [9.17, 15) is 13.2 Å². The van der Waals surface area contributed by atoms with Gasteiger partial charge >= 0.3 is 0 Å². The number of unbranched alkanes of at least 4 members (excludes halogenated alkanes) is 2. The fourth-order valence-electron chi connectivity index (χ4n) is 1.59. The molecule has 1 rings (SSSR count). The second kappa shape index (κ2) is 7.03. The average molecular weight is 304 g/mol. The molecule has 0 saturated carbocycles. The molecule has 0 bridgehead atoms. The van der Waals surface area contributed by atoms with Crippen LogP contribution in [0.1, 0.15) is 43.5 Å². The van der Waals surface area contributed by atoms with Gasteiger partial charge in [-0.25, -0.2) is 13.1 Å². The van der Waals surface area contributed by atoms with Crippen molar-refractivity contribution in [2.75, 3.05) is 6.54 Å². The number of nitrogens with one attached hydrogen (secondary N) is 1. The van der Waals surface area contributed by atoms with Gasteiger partial charge in [0.25, 0.3) is 0 Å². The van der Waals surface area contributed by atoms with Crippen LogP contribution in [-0.2, 0) is 10.0 Å². The minimum atomic E-state index is -3.66. The number of rotatable bonds is 7. The number of hydrogen-bond donors (Lipinski definition) is 1. The minimum Gasteiger partial charge on any atom is -0.295 e. The molecule has 0 aliphatic carbocycles. The van der Waals surface area contributed by atoms with E-state index in [4.69, 9.17) is 11.6 Å². The summed E-state index contributed by atoms with van der Waals surface area (Å²) in [5, 5.41) is 0.119. The van der Waals surface area contributed by atoms with Gasteiger partial charge in [0.05, 0.1) is 5.02 Å². The van der Waals surface area contributed by atoms with E-state index < -0.39 is 10.0 Å². The van der Waals surface area contributed by atoms with E-state index in [1.807, 2.05) is 6.92 Å². The summed E-state index contributed by atoms with van der Waals surface area (Å²) in [4.78, 5) is 11.2. The van der Waals surface area contributed by atoms with Crippen molar-refractivity contribution in [3.05, 3.63) is 28.8 Å². The van der Waals surface area contributed by atoms with Crippen molar-refractivity contribution in [1.82, 2.24) is 4.72 Å². The first-order valence-electron chi connectivity index (χ1n) is 6.18. The first-order chi connectivity index (χ1) is 8.88. The molecule has 0 aromatic heterocycles. The maximum Gasteiger partial charge on any atom is 0.242 e. The zero-order valence-corrected chi connectivity index (χ0v) is 12.6. The second-order valence-corrected chi connectivity index (χ2v) is 6.45. The lowest BCUT2D eigenvalue weighted by Crippen LogP contribution is -2.25. The number of carbonyl (C=O) groups is 1. The van der Waals surface area contributed by atoms with Crippen LogP contribution in [0, 0.1) is 0 Å². The molecule has 0 heterocycles. The lowest BCUT2D eigenvalue weighted by atomic mass is 10.1. The van der Waals surface area contributed by atoms with Gasteiger partial charge in [0, 0.05) is 12.1 Å². The van der Waals surface area contributed by atoms with Gasteiger partial charge in [0.15, 0.2) is 5.78 Å². The molecule has 19 heavy (non-hydrogen) atoms. The smallest absolute Gasteiger partial charge is 0.242 e. The minimum absolute atomic E-state index is 0.0432. The van der Waals surface area contributed by atoms with Crippen LogP contribution in [0.25, 0.3) is 0 Å². The number of Topliss-reactive ketones (excluding diaryl/α,β-unsaturated/α-hetero) is 1. The van der Waals surface area contributed by atoms with Crippen LogP contribution in [0.4, 0.5) is 0 Å². The molecule has 0 aliphatic heterocycles. The highest BCUT2D eigenvalue weighted by Gasteiger charge is 2.18. The van der Waals surface area contributed by atoms with E-state index in [-0.39, 0.29) is 15.7 Å². The van der Waals surface area contributed by atoms with Crippen molar-refractivity contribution in [1.29, 1.82) is 0 Å². The van der Waals surface area contributed by atoms with Gasteiger partial charge < -0.3 is 0 Å². The molecule has 1 aromatic rings. The molecular formula is C13H18ClNO3S. The Balaban J connectivity index is 2.94. The van der Waals surface area contributed by atoms with Gasteiger partial charge in [0.2, 0.25) is 10.0 Å². The lowest BCUT2D eigenvalue weighted by molar-refractivity contribution is 0.101. The largest absolute Gasteiger partial charge is 0.295 e. The van der Waals surface area contributed by atoms with Crippen LogP contribution in [0.3, 0.4) is 0 Å². The topological polar surface area (TPSA) is 63.2 Å². The molecule has 6 heteroatoms. The number of sulfonamides is 1. The standard InChI is InChI=1S/C13H18ClNO3S/c1-3-4-5-8-15-19(17,18)13-9-11(10(2)16)6-7-12(13)14/h6-7,9,15H,3-5,8H2,1-2H3. The molecule has 1 aromatic carbocycles. The van der Waals surface area contributed by atoms with Crippen LogP contribution in [0.15, 0.2) is 23.1 Å². The van der Waals surface area contributed by atoms with Crippen LogP contribution in [0.5, 0.6) is 0 Å². The van der Waals surface area contributed by atoms with E-state index in [1.54, 1.807) is 0 Å². The highest BCUT2D eigenvalue weighted by Crippen LogP contribution is 2.22. The van der Waals surface area contributed by atoms with Gasteiger partial charge in [-0.3, -0.25) is 4.79 Å². The summed E-state index contributed by atoms with van der Waals surface area (Å²) in [6.45, 7) is 3.80. The fraction of sp³-hybridized carbons (Fsp3) is 0.462. The highest BCUT2D eigenvalue weighted by molar-refractivity contribution is 7.89. The molecule has 0 spiro atoms. The molecule has 0 radical (unpaired) electrons. The molecule has 0 atom stereocenters. The van der Waals surface area contributed by atoms with Crippen LogP contribution < -0.4 is 4.72 Å². The Morgan fingerprint density at radius 2 is 2.00 bits per heavy atom. The molecule has 1 N–H and O–H groups in total. The number of carbonyl (C=O) groups excluding carboxylic acids is 1. The van der Waals surface area contributed by atoms with E-state index in [1.165, 1.54) is 25.1 Å². The number of halogens is 1. The van der Waals surface area contributed by atoms with Crippen LogP contribution in [0.2, 0.25) is 5.02 Å². The van der Waals surface area contributed by atoms with Crippen LogP contribution >= 0.6 is 11.6 Å². The Morgan fingerprint density at radius 1 is 1.32 bits per heavy atom. The average Bonchev–Trinajstić information content (AvgIpc) is 2.34. The third-order valence-corrected chi connectivity index (χ3v) is 4.64. The Labute approximate surface area is 119 Å². The molecule has 0 saturated heterocycles. The SMILES string of the molecule is CCCCCNS(=O)(=O)c1cc(C(C)=O)ccc1Cl. The quantitative estimate of drug-likeness (QED) is 0.622. The van der Waals surface area contributed by atoms with Crippen molar-refractivity contribution in [2.24, 2.45) is 0 Å². The zero-order chi connectivity index (χ0) is 14.5. The van der Waals surface area contributed by atoms with Crippen molar-refractivity contribution >= 4 is 27.4 Å². The van der Waals surface area contributed by atoms with Gasteiger partial charge in [-0.05, 0) is 31.5 Å². The first-order valence-corrected chi connectivity index (χ1v) is 8.04. The highest BCUT2D eigenvalue weighted by atomic mass is 35.5. The lowest BCUT2D eigenvalue weighted by Gasteiger charge is -2.09. The second-order valence-electron chi connectivity index (χ2n) is 4.31. The van der Waals surface area contributed by atoms with Crippen molar-refractivity contribution < 1.29 is 13.2 Å². The van der Waals surface area contributed by atoms with Crippen molar-refractivity contribution in [3.63, 3.8) is 0 Å². The number of ketones is 1. The Bertz CT molecular complexity index is 555. The summed E-state index contributed by atoms with van der Waals surface area (Å²) in [5.41, 5.74) is 0.332. The normalized spacial score (nSPS) is 11.5. The summed E-state index contributed by atoms with van der Waals surface area (Å²) >= 11 is 5.90.